The van der Waals surface area contributed by atoms with Crippen LogP contribution in [0.1, 0.15) is 37.7 Å². The molecule has 0 amide bonds. The molecule has 1 aliphatic rings. The predicted octanol–water partition coefficient (Wildman–Crippen LogP) is 5.01. The van der Waals surface area contributed by atoms with E-state index in [1.54, 1.807) is 0 Å². The van der Waals surface area contributed by atoms with Crippen LogP contribution in [0.15, 0.2) is 18.2 Å². The summed E-state index contributed by atoms with van der Waals surface area (Å²) in [7, 11) is 0. The number of halogens is 2. The van der Waals surface area contributed by atoms with Crippen LogP contribution in [0.5, 0.6) is 0 Å². The topological polar surface area (TPSA) is 3.24 Å². The summed E-state index contributed by atoms with van der Waals surface area (Å²) in [4.78, 5) is 2.50. The molecule has 0 atom stereocenters. The second kappa shape index (κ2) is 6.65. The first-order valence-electron chi connectivity index (χ1n) is 6.41. The van der Waals surface area contributed by atoms with Crippen molar-refractivity contribution in [2.75, 3.05) is 18.0 Å². The summed E-state index contributed by atoms with van der Waals surface area (Å²) in [6.07, 6.45) is 6.72. The third-order valence-corrected chi connectivity index (χ3v) is 4.34. The molecule has 0 bridgehead atoms. The standard InChI is InChI=1S/C14H19BrClN/c15-11-12-13(16)7-6-8-14(12)17-9-4-2-1-3-5-10-17/h6-8H,1-5,9-11H2. The first-order chi connectivity index (χ1) is 8.33. The van der Waals surface area contributed by atoms with Gasteiger partial charge in [-0.15, -0.1) is 0 Å². The summed E-state index contributed by atoms with van der Waals surface area (Å²) in [5.41, 5.74) is 2.55. The molecule has 1 fully saturated rings. The van der Waals surface area contributed by atoms with Gasteiger partial charge in [0.15, 0.2) is 0 Å². The van der Waals surface area contributed by atoms with Gasteiger partial charge in [-0.1, -0.05) is 52.9 Å². The van der Waals surface area contributed by atoms with E-state index in [9.17, 15) is 0 Å². The predicted molar refractivity (Wildman–Crippen MR) is 79.4 cm³/mol. The summed E-state index contributed by atoms with van der Waals surface area (Å²) in [6, 6.07) is 6.23. The zero-order chi connectivity index (χ0) is 12.1. The molecule has 0 N–H and O–H groups in total. The van der Waals surface area contributed by atoms with Crippen molar-refractivity contribution in [1.29, 1.82) is 0 Å². The van der Waals surface area contributed by atoms with Gasteiger partial charge >= 0.3 is 0 Å². The normalized spacial score (nSPS) is 17.6. The number of rotatable bonds is 2. The number of benzene rings is 1. The molecule has 1 aliphatic heterocycles. The molecule has 2 rings (SSSR count). The Kier molecular flexibility index (Phi) is 5.17. The first kappa shape index (κ1) is 13.2. The minimum Gasteiger partial charge on any atom is -0.371 e. The minimum atomic E-state index is 0.832. The van der Waals surface area contributed by atoms with E-state index < -0.39 is 0 Å². The van der Waals surface area contributed by atoms with Crippen LogP contribution in [0.3, 0.4) is 0 Å². The molecule has 0 saturated carbocycles. The van der Waals surface area contributed by atoms with E-state index in [-0.39, 0.29) is 0 Å². The van der Waals surface area contributed by atoms with Crippen LogP contribution in [0.2, 0.25) is 5.02 Å². The van der Waals surface area contributed by atoms with Crippen LogP contribution >= 0.6 is 27.5 Å². The average Bonchev–Trinajstić information content (AvgIpc) is 2.28. The monoisotopic (exact) mass is 315 g/mol. The van der Waals surface area contributed by atoms with E-state index in [0.717, 1.165) is 10.4 Å². The molecule has 1 saturated heterocycles. The maximum Gasteiger partial charge on any atom is 0.0467 e. The third kappa shape index (κ3) is 3.38. The summed E-state index contributed by atoms with van der Waals surface area (Å²) in [6.45, 7) is 2.33. The minimum absolute atomic E-state index is 0.832. The maximum atomic E-state index is 6.27. The fourth-order valence-corrected chi connectivity index (χ4v) is 3.45. The maximum absolute atomic E-state index is 6.27. The van der Waals surface area contributed by atoms with Gasteiger partial charge in [0.1, 0.15) is 0 Å². The highest BCUT2D eigenvalue weighted by molar-refractivity contribution is 9.08. The van der Waals surface area contributed by atoms with Crippen molar-refractivity contribution >= 4 is 33.2 Å². The lowest BCUT2D eigenvalue weighted by molar-refractivity contribution is 0.556. The summed E-state index contributed by atoms with van der Waals surface area (Å²) in [5.74, 6) is 0. The first-order valence-corrected chi connectivity index (χ1v) is 7.91. The van der Waals surface area contributed by atoms with Crippen LogP contribution in [0.4, 0.5) is 5.69 Å². The second-order valence-electron chi connectivity index (χ2n) is 4.63. The zero-order valence-corrected chi connectivity index (χ0v) is 12.4. The summed E-state index contributed by atoms with van der Waals surface area (Å²) < 4.78 is 0. The number of hydrogen-bond donors (Lipinski definition) is 0. The average molecular weight is 317 g/mol. The van der Waals surface area contributed by atoms with Gasteiger partial charge < -0.3 is 4.90 Å². The molecule has 0 unspecified atom stereocenters. The number of hydrogen-bond acceptors (Lipinski definition) is 1. The molecule has 1 aromatic rings. The Balaban J connectivity index is 2.21. The van der Waals surface area contributed by atoms with Gasteiger partial charge in [0, 0.05) is 34.7 Å². The van der Waals surface area contributed by atoms with Gasteiger partial charge in [0.25, 0.3) is 0 Å². The molecule has 94 valence electrons. The molecule has 17 heavy (non-hydrogen) atoms. The van der Waals surface area contributed by atoms with Gasteiger partial charge in [-0.2, -0.15) is 0 Å². The fraction of sp³-hybridized carbons (Fsp3) is 0.571. The lowest BCUT2D eigenvalue weighted by Gasteiger charge is -2.29. The number of anilines is 1. The summed E-state index contributed by atoms with van der Waals surface area (Å²) >= 11 is 9.81. The van der Waals surface area contributed by atoms with Gasteiger partial charge in [-0.25, -0.2) is 0 Å². The van der Waals surface area contributed by atoms with Crippen LogP contribution in [0, 0.1) is 0 Å². The Morgan fingerprint density at radius 1 is 1.06 bits per heavy atom. The van der Waals surface area contributed by atoms with E-state index in [0.29, 0.717) is 0 Å². The molecule has 0 aliphatic carbocycles. The Bertz CT molecular complexity index is 359. The molecule has 0 radical (unpaired) electrons. The zero-order valence-electron chi connectivity index (χ0n) is 10.1. The quantitative estimate of drug-likeness (QED) is 0.694. The lowest BCUT2D eigenvalue weighted by atomic mass is 10.1. The van der Waals surface area contributed by atoms with E-state index in [1.165, 1.54) is 56.4 Å². The third-order valence-electron chi connectivity index (χ3n) is 3.42. The van der Waals surface area contributed by atoms with E-state index in [4.69, 9.17) is 11.6 Å². The van der Waals surface area contributed by atoms with Crippen LogP contribution in [-0.2, 0) is 5.33 Å². The Morgan fingerprint density at radius 3 is 2.35 bits per heavy atom. The molecule has 1 heterocycles. The van der Waals surface area contributed by atoms with E-state index in [1.807, 2.05) is 6.07 Å². The highest BCUT2D eigenvalue weighted by Gasteiger charge is 2.14. The number of alkyl halides is 1. The molecule has 0 aromatic heterocycles. The van der Waals surface area contributed by atoms with E-state index in [2.05, 4.69) is 33.0 Å². The molecular weight excluding hydrogens is 298 g/mol. The van der Waals surface area contributed by atoms with Crippen molar-refractivity contribution in [3.05, 3.63) is 28.8 Å². The highest BCUT2D eigenvalue weighted by Crippen LogP contribution is 2.30. The van der Waals surface area contributed by atoms with Crippen LogP contribution in [0.25, 0.3) is 0 Å². The van der Waals surface area contributed by atoms with Gasteiger partial charge in [-0.3, -0.25) is 0 Å². The molecule has 1 aromatic carbocycles. The SMILES string of the molecule is Clc1cccc(N2CCCCCCC2)c1CBr. The van der Waals surface area contributed by atoms with E-state index >= 15 is 0 Å². The van der Waals surface area contributed by atoms with Gasteiger partial charge in [0.05, 0.1) is 0 Å². The van der Waals surface area contributed by atoms with Crippen molar-refractivity contribution in [1.82, 2.24) is 0 Å². The fourth-order valence-electron chi connectivity index (χ4n) is 2.46. The van der Waals surface area contributed by atoms with Crippen LogP contribution < -0.4 is 4.90 Å². The smallest absolute Gasteiger partial charge is 0.0467 e. The Labute approximate surface area is 117 Å². The Hall–Kier alpha value is -0.210. The van der Waals surface area contributed by atoms with Crippen molar-refractivity contribution in [3.8, 4) is 0 Å². The van der Waals surface area contributed by atoms with Gasteiger partial charge in [0.2, 0.25) is 0 Å². The van der Waals surface area contributed by atoms with Crippen molar-refractivity contribution in [2.24, 2.45) is 0 Å². The van der Waals surface area contributed by atoms with Crippen LogP contribution in [-0.4, -0.2) is 13.1 Å². The molecular formula is C14H19BrClN. The second-order valence-corrected chi connectivity index (χ2v) is 5.59. The molecule has 3 heteroatoms. The lowest BCUT2D eigenvalue weighted by Crippen LogP contribution is -2.27. The van der Waals surface area contributed by atoms with Crippen molar-refractivity contribution in [3.63, 3.8) is 0 Å². The van der Waals surface area contributed by atoms with Gasteiger partial charge in [-0.05, 0) is 25.0 Å². The molecule has 1 nitrogen and oxygen atoms in total. The Morgan fingerprint density at radius 2 is 1.71 bits per heavy atom. The highest BCUT2D eigenvalue weighted by atomic mass is 79.9. The summed E-state index contributed by atoms with van der Waals surface area (Å²) in [5, 5.41) is 1.71. The molecule has 0 spiro atoms. The van der Waals surface area contributed by atoms with Crippen molar-refractivity contribution < 1.29 is 0 Å². The van der Waals surface area contributed by atoms with Crippen molar-refractivity contribution in [2.45, 2.75) is 37.4 Å². The number of nitrogens with zero attached hydrogens (tertiary/aromatic N) is 1. The largest absolute Gasteiger partial charge is 0.371 e.